The summed E-state index contributed by atoms with van der Waals surface area (Å²) in [6.07, 6.45) is 0.715. The fourth-order valence-corrected chi connectivity index (χ4v) is 5.35. The fourth-order valence-electron chi connectivity index (χ4n) is 2.78. The molecule has 0 saturated carbocycles. The Balaban J connectivity index is 1.57. The van der Waals surface area contributed by atoms with Crippen LogP contribution in [-0.2, 0) is 13.5 Å². The van der Waals surface area contributed by atoms with E-state index in [2.05, 4.69) is 27.3 Å². The number of rotatable bonds is 6. The van der Waals surface area contributed by atoms with Crippen LogP contribution in [0.2, 0.25) is 0 Å². The maximum atomic E-state index is 10.8. The van der Waals surface area contributed by atoms with Gasteiger partial charge in [-0.1, -0.05) is 30.0 Å². The van der Waals surface area contributed by atoms with E-state index >= 15 is 0 Å². The molecule has 0 saturated heterocycles. The second kappa shape index (κ2) is 8.37. The van der Waals surface area contributed by atoms with Gasteiger partial charge in [0.25, 0.3) is 0 Å². The van der Waals surface area contributed by atoms with Crippen LogP contribution in [0.3, 0.4) is 0 Å². The van der Waals surface area contributed by atoms with Gasteiger partial charge in [0, 0.05) is 18.3 Å². The first-order chi connectivity index (χ1) is 14.1. The Morgan fingerprint density at radius 1 is 1.28 bits per heavy atom. The minimum Gasteiger partial charge on any atom is -0.510 e. The minimum atomic E-state index is -0.367. The summed E-state index contributed by atoms with van der Waals surface area (Å²) in [5, 5.41) is 31.9. The third-order valence-electron chi connectivity index (χ3n) is 4.38. The number of hydrogen-bond donors (Lipinski definition) is 1. The largest absolute Gasteiger partial charge is 0.510 e. The number of hydrogen-bond acceptors (Lipinski definition) is 8. The molecule has 1 atom stereocenters. The van der Waals surface area contributed by atoms with Crippen LogP contribution in [0.25, 0.3) is 15.8 Å². The second-order valence-corrected chi connectivity index (χ2v) is 9.70. The van der Waals surface area contributed by atoms with Crippen molar-refractivity contribution in [3.05, 3.63) is 63.2 Å². The molecule has 0 fully saturated rings. The van der Waals surface area contributed by atoms with Gasteiger partial charge in [-0.2, -0.15) is 5.26 Å². The summed E-state index contributed by atoms with van der Waals surface area (Å²) in [7, 11) is 1.91. The number of aliphatic hydroxyl groups is 1. The lowest BCUT2D eigenvalue weighted by Crippen LogP contribution is -2.06. The molecule has 1 N–H and O–H groups in total. The first-order valence-electron chi connectivity index (χ1n) is 8.83. The molecule has 4 aromatic rings. The number of nitrogens with zero attached hydrogens (tertiary/aromatic N) is 5. The van der Waals surface area contributed by atoms with Gasteiger partial charge < -0.3 is 9.67 Å². The van der Waals surface area contributed by atoms with Gasteiger partial charge in [-0.15, -0.1) is 32.9 Å². The molecule has 146 valence electrons. The quantitative estimate of drug-likeness (QED) is 0.257. The molecule has 0 aliphatic heterocycles. The highest BCUT2D eigenvalue weighted by atomic mass is 32.2. The molecule has 1 aromatic carbocycles. The van der Waals surface area contributed by atoms with Crippen molar-refractivity contribution >= 4 is 50.2 Å². The van der Waals surface area contributed by atoms with Crippen molar-refractivity contribution in [3.63, 3.8) is 0 Å². The van der Waals surface area contributed by atoms with Gasteiger partial charge in [0.2, 0.25) is 0 Å². The monoisotopic (exact) mass is 439 g/mol. The lowest BCUT2D eigenvalue weighted by atomic mass is 10.2. The third kappa shape index (κ3) is 4.05. The van der Waals surface area contributed by atoms with E-state index in [9.17, 15) is 10.4 Å². The highest BCUT2D eigenvalue weighted by Crippen LogP contribution is 2.33. The summed E-state index contributed by atoms with van der Waals surface area (Å²) in [6.45, 7) is 1.85. The fraction of sp³-hybridized carbons (Fsp3) is 0.200. The van der Waals surface area contributed by atoms with E-state index in [-0.39, 0.29) is 16.6 Å². The number of thiophene rings is 1. The third-order valence-corrected chi connectivity index (χ3v) is 7.45. The zero-order chi connectivity index (χ0) is 20.4. The summed E-state index contributed by atoms with van der Waals surface area (Å²) in [4.78, 5) is 5.71. The van der Waals surface area contributed by atoms with Crippen molar-refractivity contribution in [3.8, 4) is 6.07 Å². The number of aromatic nitrogens is 4. The molecule has 0 bridgehead atoms. The van der Waals surface area contributed by atoms with Crippen molar-refractivity contribution in [2.24, 2.45) is 7.05 Å². The van der Waals surface area contributed by atoms with Crippen LogP contribution in [0.1, 0.15) is 22.6 Å². The molecule has 1 unspecified atom stereocenters. The number of aliphatic hydroxyl groups excluding tert-OH is 1. The van der Waals surface area contributed by atoms with Crippen molar-refractivity contribution in [1.82, 2.24) is 19.7 Å². The highest BCUT2D eigenvalue weighted by Gasteiger charge is 2.22. The van der Waals surface area contributed by atoms with Gasteiger partial charge in [0.1, 0.15) is 28.2 Å². The molecule has 6 nitrogen and oxygen atoms in total. The predicted molar refractivity (Wildman–Crippen MR) is 118 cm³/mol. The zero-order valence-electron chi connectivity index (χ0n) is 15.7. The standard InChI is InChI=1S/C20H17N5OS3/c1-12(28-20-24-23-17(25(20)2)10-13-6-5-9-27-13)18(26)14(11-21)19-22-15-7-3-4-8-16(15)29-19/h3-9,12,26H,10H2,1-2H3/b18-14-. The van der Waals surface area contributed by atoms with E-state index in [0.717, 1.165) is 16.0 Å². The van der Waals surface area contributed by atoms with E-state index in [4.69, 9.17) is 0 Å². The molecule has 9 heteroatoms. The summed E-state index contributed by atoms with van der Waals surface area (Å²) < 4.78 is 2.91. The van der Waals surface area contributed by atoms with Gasteiger partial charge in [0.05, 0.1) is 15.5 Å². The van der Waals surface area contributed by atoms with E-state index in [0.29, 0.717) is 16.6 Å². The number of thioether (sulfide) groups is 1. The van der Waals surface area contributed by atoms with Gasteiger partial charge in [-0.05, 0) is 30.5 Å². The number of fused-ring (bicyclic) bond motifs is 1. The van der Waals surface area contributed by atoms with Crippen molar-refractivity contribution in [2.45, 2.75) is 23.8 Å². The molecule has 0 radical (unpaired) electrons. The van der Waals surface area contributed by atoms with Gasteiger partial charge in [-0.3, -0.25) is 0 Å². The van der Waals surface area contributed by atoms with E-state index in [1.54, 1.807) is 11.3 Å². The maximum absolute atomic E-state index is 10.8. The molecular formula is C20H17N5OS3. The Morgan fingerprint density at radius 3 is 2.83 bits per heavy atom. The average molecular weight is 440 g/mol. The Hall–Kier alpha value is -2.67. The maximum Gasteiger partial charge on any atom is 0.191 e. The zero-order valence-corrected chi connectivity index (χ0v) is 18.2. The van der Waals surface area contributed by atoms with Crippen LogP contribution in [0.15, 0.2) is 52.7 Å². The topological polar surface area (TPSA) is 87.6 Å². The van der Waals surface area contributed by atoms with E-state index < -0.39 is 0 Å². The van der Waals surface area contributed by atoms with Crippen LogP contribution in [0.4, 0.5) is 0 Å². The predicted octanol–water partition coefficient (Wildman–Crippen LogP) is 5.05. The molecule has 3 heterocycles. The van der Waals surface area contributed by atoms with Gasteiger partial charge in [-0.25, -0.2) is 4.98 Å². The van der Waals surface area contributed by atoms with Crippen molar-refractivity contribution in [1.29, 1.82) is 5.26 Å². The molecule has 0 aliphatic carbocycles. The Labute approximate surface area is 180 Å². The lowest BCUT2D eigenvalue weighted by Gasteiger charge is -2.11. The lowest BCUT2D eigenvalue weighted by molar-refractivity contribution is 0.402. The first-order valence-corrected chi connectivity index (χ1v) is 11.4. The van der Waals surface area contributed by atoms with E-state index in [1.165, 1.54) is 28.0 Å². The second-order valence-electron chi connectivity index (χ2n) is 6.33. The molecule has 29 heavy (non-hydrogen) atoms. The minimum absolute atomic E-state index is 0.000590. The molecule has 4 rings (SSSR count). The molecule has 0 amide bonds. The Kier molecular flexibility index (Phi) is 5.67. The molecule has 0 aliphatic rings. The van der Waals surface area contributed by atoms with Crippen molar-refractivity contribution < 1.29 is 5.11 Å². The number of allylic oxidation sites excluding steroid dienone is 1. The number of nitriles is 1. The summed E-state index contributed by atoms with van der Waals surface area (Å²) in [5.41, 5.74) is 1.02. The molecular weight excluding hydrogens is 422 g/mol. The van der Waals surface area contributed by atoms with Crippen LogP contribution >= 0.6 is 34.4 Å². The average Bonchev–Trinajstić information content (AvgIpc) is 3.45. The normalized spacial score (nSPS) is 13.3. The Morgan fingerprint density at radius 2 is 2.10 bits per heavy atom. The number of benzene rings is 1. The van der Waals surface area contributed by atoms with Gasteiger partial charge >= 0.3 is 0 Å². The number of para-hydroxylation sites is 1. The SMILES string of the molecule is CC(Sc1nnc(Cc2cccs2)n1C)/C(O)=C(\C#N)c1nc2ccccc2s1. The smallest absolute Gasteiger partial charge is 0.191 e. The van der Waals surface area contributed by atoms with Crippen LogP contribution < -0.4 is 0 Å². The Bertz CT molecular complexity index is 1180. The summed E-state index contributed by atoms with van der Waals surface area (Å²) in [6, 6.07) is 13.9. The van der Waals surface area contributed by atoms with Crippen LogP contribution in [0.5, 0.6) is 0 Å². The van der Waals surface area contributed by atoms with Crippen LogP contribution in [0, 0.1) is 11.3 Å². The highest BCUT2D eigenvalue weighted by molar-refractivity contribution is 7.99. The molecule has 0 spiro atoms. The van der Waals surface area contributed by atoms with Crippen LogP contribution in [-0.4, -0.2) is 30.1 Å². The van der Waals surface area contributed by atoms with Gasteiger partial charge in [0.15, 0.2) is 5.16 Å². The molecule has 3 aromatic heterocycles. The first kappa shape index (κ1) is 19.6. The van der Waals surface area contributed by atoms with E-state index in [1.807, 2.05) is 54.3 Å². The summed E-state index contributed by atoms with van der Waals surface area (Å²) >= 11 is 4.45. The van der Waals surface area contributed by atoms with Crippen molar-refractivity contribution in [2.75, 3.05) is 0 Å². The summed E-state index contributed by atoms with van der Waals surface area (Å²) in [5.74, 6) is 0.858. The number of thiazole rings is 1.